The van der Waals surface area contributed by atoms with Gasteiger partial charge in [-0.25, -0.2) is 0 Å². The van der Waals surface area contributed by atoms with Crippen LogP contribution in [0, 0.1) is 125 Å². The van der Waals surface area contributed by atoms with Crippen LogP contribution in [0.1, 0.15) is 100 Å². The summed E-state index contributed by atoms with van der Waals surface area (Å²) in [6.07, 6.45) is 0. The fourth-order valence-electron chi connectivity index (χ4n) is 11.9. The van der Waals surface area contributed by atoms with E-state index in [1.807, 2.05) is 0 Å². The van der Waals surface area contributed by atoms with Crippen molar-refractivity contribution in [3.63, 3.8) is 0 Å². The second-order valence-corrected chi connectivity index (χ2v) is 40.8. The summed E-state index contributed by atoms with van der Waals surface area (Å²) < 4.78 is 34.3. The predicted octanol–water partition coefficient (Wildman–Crippen LogP) is 9.37. The van der Waals surface area contributed by atoms with Crippen molar-refractivity contribution in [2.24, 2.45) is 0 Å². The molecular weight excluding hydrogens is 914 g/mol. The molecule has 1 aliphatic heterocycles. The number of aryl methyl sites for hydroxylation is 18. The molecule has 0 radical (unpaired) electrons. The van der Waals surface area contributed by atoms with Crippen LogP contribution in [0.4, 0.5) is 0 Å². The molecule has 7 rings (SSSR count). The fraction of sp³-hybridized carbons (Fsp3) is 0.333. The minimum atomic E-state index is -4.74. The summed E-state index contributed by atoms with van der Waals surface area (Å²) in [5.74, 6) is 0. The Hall–Kier alpha value is -3.17. The SMILES string of the molecule is Cc1cc(C)[c]([Ge]2([c]3c(C)cc(C)cc3C)[O][Ge]([c]3c(C)cc(C)cc3C)([c]3c(C)cc(C)cc3C)[O][Ge]([c]3c(C)cc(C)cc3C)([c]3c(C)cc(C)cc3C)[O]2)c(C)c1. The zero-order valence-electron chi connectivity index (χ0n) is 39.7. The summed E-state index contributed by atoms with van der Waals surface area (Å²) in [7, 11) is 0. The summed E-state index contributed by atoms with van der Waals surface area (Å²) in [5.41, 5.74) is 22.4. The molecule has 0 amide bonds. The van der Waals surface area contributed by atoms with Gasteiger partial charge in [0.25, 0.3) is 0 Å². The molecule has 1 fully saturated rings. The average Bonchev–Trinajstić information content (AvgIpc) is 3.05. The van der Waals surface area contributed by atoms with E-state index in [0.29, 0.717) is 0 Å². The molecule has 3 nitrogen and oxygen atoms in total. The van der Waals surface area contributed by atoms with Crippen LogP contribution < -0.4 is 26.4 Å². The van der Waals surface area contributed by atoms with Gasteiger partial charge in [-0.1, -0.05) is 0 Å². The van der Waals surface area contributed by atoms with E-state index in [-0.39, 0.29) is 0 Å². The Morgan fingerprint density at radius 1 is 0.200 bits per heavy atom. The van der Waals surface area contributed by atoms with Gasteiger partial charge in [-0.3, -0.25) is 0 Å². The first-order valence-corrected chi connectivity index (χ1v) is 33.1. The monoisotopic (exact) mass is 984 g/mol. The van der Waals surface area contributed by atoms with Crippen molar-refractivity contribution < 1.29 is 8.37 Å². The van der Waals surface area contributed by atoms with Crippen LogP contribution in [0.3, 0.4) is 0 Å². The van der Waals surface area contributed by atoms with Crippen molar-refractivity contribution in [1.82, 2.24) is 0 Å². The van der Waals surface area contributed by atoms with Crippen molar-refractivity contribution in [1.29, 1.82) is 0 Å². The van der Waals surface area contributed by atoms with Crippen molar-refractivity contribution in [3.05, 3.63) is 173 Å². The molecule has 1 saturated heterocycles. The Labute approximate surface area is 371 Å². The number of benzene rings is 6. The number of hydrogen-bond acceptors (Lipinski definition) is 3. The van der Waals surface area contributed by atoms with E-state index < -0.39 is 41.8 Å². The number of hydrogen-bond donors (Lipinski definition) is 0. The Morgan fingerprint density at radius 3 is 0.400 bits per heavy atom. The van der Waals surface area contributed by atoms with Crippen molar-refractivity contribution >= 4 is 68.2 Å². The van der Waals surface area contributed by atoms with Crippen molar-refractivity contribution in [2.45, 2.75) is 125 Å². The quantitative estimate of drug-likeness (QED) is 0.156. The minimum absolute atomic E-state index is 1.24. The molecule has 1 aliphatic rings. The standard InChI is InChI=1S/C54H66Ge3O3/c1-31-19-37(7)49(38(8)20-31)55(50-39(9)21-32(2)22-40(50)10)58-56(51-41(11)23-33(3)24-42(51)12,52-43(13)25-34(4)26-44(52)14)60-57(59-55,53-45(15)27-35(5)28-46(53)16)54-47(17)29-36(6)30-48(54)18/h19-30H,1-18H3. The molecule has 6 aromatic carbocycles. The van der Waals surface area contributed by atoms with Gasteiger partial charge >= 0.3 is 374 Å². The van der Waals surface area contributed by atoms with Crippen LogP contribution in [0.2, 0.25) is 0 Å². The maximum atomic E-state index is 8.89. The first-order chi connectivity index (χ1) is 28.0. The van der Waals surface area contributed by atoms with Gasteiger partial charge < -0.3 is 0 Å². The van der Waals surface area contributed by atoms with Gasteiger partial charge in [-0.2, -0.15) is 0 Å². The van der Waals surface area contributed by atoms with E-state index in [4.69, 9.17) is 8.37 Å². The summed E-state index contributed by atoms with van der Waals surface area (Å²) in [6.45, 7) is 41.0. The first-order valence-electron chi connectivity index (χ1n) is 21.7. The first kappa shape index (κ1) is 44.9. The number of rotatable bonds is 6. The molecule has 6 aromatic rings. The Kier molecular flexibility index (Phi) is 12.1. The third kappa shape index (κ3) is 7.37. The van der Waals surface area contributed by atoms with Gasteiger partial charge in [0.1, 0.15) is 0 Å². The summed E-state index contributed by atoms with van der Waals surface area (Å²) >= 11 is -14.2. The van der Waals surface area contributed by atoms with Crippen LogP contribution in [-0.2, 0) is 8.37 Å². The van der Waals surface area contributed by atoms with Gasteiger partial charge in [0.05, 0.1) is 0 Å². The molecule has 0 aliphatic carbocycles. The molecule has 0 saturated carbocycles. The van der Waals surface area contributed by atoms with E-state index in [0.717, 1.165) is 0 Å². The molecule has 60 heavy (non-hydrogen) atoms. The fourth-order valence-corrected chi connectivity index (χ4v) is 68.7. The van der Waals surface area contributed by atoms with Gasteiger partial charge in [0.2, 0.25) is 0 Å². The topological polar surface area (TPSA) is 27.7 Å². The second kappa shape index (κ2) is 16.2. The molecule has 0 spiro atoms. The van der Waals surface area contributed by atoms with Crippen LogP contribution >= 0.6 is 0 Å². The Balaban J connectivity index is 1.89. The summed E-state index contributed by atoms with van der Waals surface area (Å²) in [5, 5.41) is 0. The molecular formula is C54H66Ge3O3. The maximum absolute atomic E-state index is 8.89. The van der Waals surface area contributed by atoms with Gasteiger partial charge in [-0.05, 0) is 0 Å². The molecule has 0 unspecified atom stereocenters. The molecule has 0 N–H and O–H groups in total. The zero-order chi connectivity index (χ0) is 44.0. The van der Waals surface area contributed by atoms with E-state index in [9.17, 15) is 0 Å². The van der Waals surface area contributed by atoms with Gasteiger partial charge in [-0.15, -0.1) is 0 Å². The predicted molar refractivity (Wildman–Crippen MR) is 262 cm³/mol. The molecule has 0 aromatic heterocycles. The van der Waals surface area contributed by atoms with E-state index in [1.54, 1.807) is 0 Å². The third-order valence-corrected chi connectivity index (χ3v) is 53.5. The normalized spacial score (nSPS) is 15.7. The summed E-state index contributed by atoms with van der Waals surface area (Å²) in [4.78, 5) is 0. The van der Waals surface area contributed by atoms with Gasteiger partial charge in [0.15, 0.2) is 0 Å². The average molecular weight is 981 g/mol. The van der Waals surface area contributed by atoms with Crippen LogP contribution in [-0.4, -0.2) is 41.8 Å². The molecule has 1 heterocycles. The van der Waals surface area contributed by atoms with Crippen molar-refractivity contribution in [2.75, 3.05) is 0 Å². The van der Waals surface area contributed by atoms with E-state index in [2.05, 4.69) is 197 Å². The van der Waals surface area contributed by atoms with Crippen LogP contribution in [0.15, 0.2) is 72.8 Å². The Bertz CT molecular complexity index is 2120. The second-order valence-electron chi connectivity index (χ2n) is 18.8. The van der Waals surface area contributed by atoms with Crippen LogP contribution in [0.25, 0.3) is 0 Å². The van der Waals surface area contributed by atoms with E-state index in [1.165, 1.54) is 127 Å². The summed E-state index contributed by atoms with van der Waals surface area (Å²) in [6, 6.07) is 28.4. The zero-order valence-corrected chi connectivity index (χ0v) is 45.9. The molecule has 6 heteroatoms. The molecule has 0 bridgehead atoms. The van der Waals surface area contributed by atoms with E-state index >= 15 is 0 Å². The molecule has 312 valence electrons. The third-order valence-electron chi connectivity index (χ3n) is 12.9. The Morgan fingerprint density at radius 2 is 0.300 bits per heavy atom. The molecule has 0 atom stereocenters. The van der Waals surface area contributed by atoms with Crippen LogP contribution in [0.5, 0.6) is 0 Å². The van der Waals surface area contributed by atoms with Crippen molar-refractivity contribution in [3.8, 4) is 0 Å². The van der Waals surface area contributed by atoms with Gasteiger partial charge in [0, 0.05) is 0 Å².